The van der Waals surface area contributed by atoms with Gasteiger partial charge in [-0.25, -0.2) is 13.4 Å². The lowest BCUT2D eigenvalue weighted by Crippen LogP contribution is -2.18. The number of rotatable bonds is 10. The van der Waals surface area contributed by atoms with Gasteiger partial charge in [-0.15, -0.1) is 0 Å². The Morgan fingerprint density at radius 2 is 1.58 bits per heavy atom. The highest BCUT2D eigenvalue weighted by atomic mass is 32.2. The summed E-state index contributed by atoms with van der Waals surface area (Å²) >= 11 is 0. The molecule has 3 heterocycles. The van der Waals surface area contributed by atoms with E-state index in [0.29, 0.717) is 13.1 Å². The van der Waals surface area contributed by atoms with Gasteiger partial charge in [-0.1, -0.05) is 30.4 Å². The maximum atomic E-state index is 11.1. The minimum Gasteiger partial charge on any atom is -0.366 e. The van der Waals surface area contributed by atoms with Gasteiger partial charge in [-0.05, 0) is 30.3 Å². The fourth-order valence-electron chi connectivity index (χ4n) is 2.87. The lowest BCUT2D eigenvalue weighted by Gasteiger charge is -2.25. The second-order valence-corrected chi connectivity index (χ2v) is 9.03. The molecule has 31 heavy (non-hydrogen) atoms. The first-order chi connectivity index (χ1) is 15.0. The molecule has 0 unspecified atom stereocenters. The number of anilines is 3. The number of sulfone groups is 1. The summed E-state index contributed by atoms with van der Waals surface area (Å²) < 4.78 is 22.3. The molecule has 3 aromatic heterocycles. The van der Waals surface area contributed by atoms with Gasteiger partial charge in [0.1, 0.15) is 5.82 Å². The van der Waals surface area contributed by atoms with Crippen molar-refractivity contribution in [2.45, 2.75) is 6.54 Å². The van der Waals surface area contributed by atoms with Gasteiger partial charge in [0.2, 0.25) is 0 Å². The van der Waals surface area contributed by atoms with E-state index in [1.165, 1.54) is 6.26 Å². The number of hydrogen-bond acceptors (Lipinski definition) is 7. The highest BCUT2D eigenvalue weighted by Crippen LogP contribution is 2.27. The topological polar surface area (TPSA) is 88.1 Å². The summed E-state index contributed by atoms with van der Waals surface area (Å²) in [7, 11) is -2.98. The lowest BCUT2D eigenvalue weighted by molar-refractivity contribution is 0.604. The molecule has 0 radical (unpaired) electrons. The van der Waals surface area contributed by atoms with Crippen LogP contribution in [0, 0.1) is 0 Å². The van der Waals surface area contributed by atoms with E-state index in [0.717, 1.165) is 22.8 Å². The summed E-state index contributed by atoms with van der Waals surface area (Å²) in [6.45, 7) is 1.15. The number of aromatic nitrogens is 3. The van der Waals surface area contributed by atoms with Gasteiger partial charge in [0.25, 0.3) is 0 Å². The predicted octanol–water partition coefficient (Wildman–Crippen LogP) is 3.78. The van der Waals surface area contributed by atoms with Crippen molar-refractivity contribution in [3.8, 4) is 0 Å². The van der Waals surface area contributed by atoms with Crippen molar-refractivity contribution in [1.82, 2.24) is 15.0 Å². The molecule has 0 atom stereocenters. The van der Waals surface area contributed by atoms with Crippen molar-refractivity contribution in [1.29, 1.82) is 0 Å². The van der Waals surface area contributed by atoms with Gasteiger partial charge in [-0.2, -0.15) is 0 Å². The minimum atomic E-state index is -2.98. The van der Waals surface area contributed by atoms with Crippen LogP contribution >= 0.6 is 0 Å². The average Bonchev–Trinajstić information content (AvgIpc) is 2.78. The summed E-state index contributed by atoms with van der Waals surface area (Å²) in [5.41, 5.74) is 2.94. The summed E-state index contributed by atoms with van der Waals surface area (Å²) in [5.74, 6) is 0.818. The number of hydrogen-bond donors (Lipinski definition) is 1. The Morgan fingerprint density at radius 3 is 2.19 bits per heavy atom. The summed E-state index contributed by atoms with van der Waals surface area (Å²) in [6, 6.07) is 11.8. The summed E-state index contributed by atoms with van der Waals surface area (Å²) in [5, 5.41) is 3.32. The Bertz CT molecular complexity index is 1080. The zero-order valence-corrected chi connectivity index (χ0v) is 18.1. The van der Waals surface area contributed by atoms with Gasteiger partial charge < -0.3 is 10.2 Å². The third kappa shape index (κ3) is 7.35. The quantitative estimate of drug-likeness (QED) is 0.485. The van der Waals surface area contributed by atoms with Crippen molar-refractivity contribution in [3.05, 3.63) is 97.2 Å². The molecule has 0 bridgehead atoms. The Balaban J connectivity index is 1.71. The molecule has 0 saturated heterocycles. The van der Waals surface area contributed by atoms with E-state index in [9.17, 15) is 8.42 Å². The van der Waals surface area contributed by atoms with Crippen LogP contribution in [0.25, 0.3) is 0 Å². The summed E-state index contributed by atoms with van der Waals surface area (Å²) in [4.78, 5) is 15.1. The van der Waals surface area contributed by atoms with Crippen LogP contribution in [0.5, 0.6) is 0 Å². The van der Waals surface area contributed by atoms with E-state index >= 15 is 0 Å². The molecule has 8 heteroatoms. The molecule has 0 fully saturated rings. The SMILES string of the molecule is CS(=O)(=O)C/C=C\C=C/CNc1ncccc1CN(c1cccnc1)c1cccnc1. The monoisotopic (exact) mass is 435 g/mol. The van der Waals surface area contributed by atoms with Crippen molar-refractivity contribution in [2.75, 3.05) is 28.8 Å². The molecule has 0 amide bonds. The zero-order chi connectivity index (χ0) is 21.9. The van der Waals surface area contributed by atoms with Crippen molar-refractivity contribution >= 4 is 27.0 Å². The predicted molar refractivity (Wildman–Crippen MR) is 125 cm³/mol. The number of pyridine rings is 3. The fourth-order valence-corrected chi connectivity index (χ4v) is 3.33. The Labute approximate surface area is 183 Å². The molecule has 0 aliphatic carbocycles. The van der Waals surface area contributed by atoms with Crippen molar-refractivity contribution < 1.29 is 8.42 Å². The van der Waals surface area contributed by atoms with Gasteiger partial charge in [0.15, 0.2) is 9.84 Å². The molecule has 160 valence electrons. The maximum Gasteiger partial charge on any atom is 0.151 e. The maximum absolute atomic E-state index is 11.1. The third-order valence-corrected chi connectivity index (χ3v) is 5.10. The molecule has 7 nitrogen and oxygen atoms in total. The van der Waals surface area contributed by atoms with Crippen LogP contribution in [0.3, 0.4) is 0 Å². The zero-order valence-electron chi connectivity index (χ0n) is 17.3. The molecule has 0 aliphatic rings. The van der Waals surface area contributed by atoms with Gasteiger partial charge in [0.05, 0.1) is 36.1 Å². The summed E-state index contributed by atoms with van der Waals surface area (Å²) in [6.07, 6.45) is 17.2. The minimum absolute atomic E-state index is 0.0354. The van der Waals surface area contributed by atoms with Crippen LogP contribution in [0.1, 0.15) is 5.56 Å². The Morgan fingerprint density at radius 1 is 0.935 bits per heavy atom. The Kier molecular flexibility index (Phi) is 7.89. The highest BCUT2D eigenvalue weighted by Gasteiger charge is 2.13. The molecular weight excluding hydrogens is 410 g/mol. The van der Waals surface area contributed by atoms with Gasteiger partial charge >= 0.3 is 0 Å². The number of allylic oxidation sites excluding steroid dienone is 2. The fraction of sp³-hybridized carbons (Fsp3) is 0.174. The standard InChI is InChI=1S/C23H25N5O2S/c1-31(29,30)16-5-3-2-4-14-26-23-20(9-6-15-27-23)19-28(21-10-7-12-24-17-21)22-11-8-13-25-18-22/h2-13,15,17-18H,14,16,19H2,1H3,(H,26,27)/b4-2-,5-3-. The van der Waals surface area contributed by atoms with E-state index in [2.05, 4.69) is 25.2 Å². The van der Waals surface area contributed by atoms with Crippen LogP contribution in [-0.2, 0) is 16.4 Å². The van der Waals surface area contributed by atoms with E-state index in [1.807, 2.05) is 60.9 Å². The smallest absolute Gasteiger partial charge is 0.151 e. The first kappa shape index (κ1) is 22.2. The molecule has 0 spiro atoms. The van der Waals surface area contributed by atoms with Crippen LogP contribution in [0.2, 0.25) is 0 Å². The van der Waals surface area contributed by atoms with Crippen molar-refractivity contribution in [3.63, 3.8) is 0 Å². The highest BCUT2D eigenvalue weighted by molar-refractivity contribution is 7.90. The van der Waals surface area contributed by atoms with Crippen molar-refractivity contribution in [2.24, 2.45) is 0 Å². The first-order valence-electron chi connectivity index (χ1n) is 9.78. The van der Waals surface area contributed by atoms with Gasteiger partial charge in [-0.3, -0.25) is 9.97 Å². The normalized spacial score (nSPS) is 11.8. The van der Waals surface area contributed by atoms with E-state index < -0.39 is 9.84 Å². The van der Waals surface area contributed by atoms with Crippen LogP contribution in [0.4, 0.5) is 17.2 Å². The molecule has 0 aromatic carbocycles. The van der Waals surface area contributed by atoms with Crippen LogP contribution < -0.4 is 10.2 Å². The Hall–Kier alpha value is -3.52. The molecule has 0 aliphatic heterocycles. The van der Waals surface area contributed by atoms with Crippen LogP contribution in [0.15, 0.2) is 91.7 Å². The van der Waals surface area contributed by atoms with E-state index in [4.69, 9.17) is 0 Å². The van der Waals surface area contributed by atoms with E-state index in [-0.39, 0.29) is 5.75 Å². The number of nitrogens with one attached hydrogen (secondary N) is 1. The number of nitrogens with zero attached hydrogens (tertiary/aromatic N) is 4. The molecule has 3 rings (SSSR count). The second-order valence-electron chi connectivity index (χ2n) is 6.85. The van der Waals surface area contributed by atoms with E-state index in [1.54, 1.807) is 30.7 Å². The lowest BCUT2D eigenvalue weighted by atomic mass is 10.2. The molecule has 3 aromatic rings. The van der Waals surface area contributed by atoms with Gasteiger partial charge in [0, 0.05) is 37.0 Å². The largest absolute Gasteiger partial charge is 0.366 e. The molecule has 1 N–H and O–H groups in total. The molecular formula is C23H25N5O2S. The average molecular weight is 436 g/mol. The molecule has 0 saturated carbocycles. The first-order valence-corrected chi connectivity index (χ1v) is 11.8. The third-order valence-electron chi connectivity index (χ3n) is 4.30. The van der Waals surface area contributed by atoms with Crippen LogP contribution in [-0.4, -0.2) is 41.9 Å². The second kappa shape index (κ2) is 11.0.